The standard InChI is InChI=1S/C11H19N3O2/c1-4-9(7-15)12-11(16)10-6-8(3)13-14(10)5-2/h6,9,15H,4-5,7H2,1-3H3,(H,12,16)/t9-/m1/s1. The third-order valence-corrected chi connectivity index (χ3v) is 2.48. The zero-order valence-corrected chi connectivity index (χ0v) is 10.0. The van der Waals surface area contributed by atoms with Crippen LogP contribution in [0.4, 0.5) is 0 Å². The summed E-state index contributed by atoms with van der Waals surface area (Å²) in [5.41, 5.74) is 1.37. The van der Waals surface area contributed by atoms with E-state index in [4.69, 9.17) is 5.11 Å². The van der Waals surface area contributed by atoms with Gasteiger partial charge in [-0.05, 0) is 26.3 Å². The van der Waals surface area contributed by atoms with E-state index in [0.717, 1.165) is 5.69 Å². The Hall–Kier alpha value is -1.36. The SMILES string of the molecule is CC[C@H](CO)NC(=O)c1cc(C)nn1CC. The first-order valence-electron chi connectivity index (χ1n) is 5.58. The molecule has 1 heterocycles. The number of carbonyl (C=O) groups excluding carboxylic acids is 1. The van der Waals surface area contributed by atoms with E-state index in [-0.39, 0.29) is 18.6 Å². The Labute approximate surface area is 95.5 Å². The number of aryl methyl sites for hydroxylation is 2. The van der Waals surface area contributed by atoms with E-state index >= 15 is 0 Å². The fourth-order valence-corrected chi connectivity index (χ4v) is 1.51. The van der Waals surface area contributed by atoms with Crippen molar-refractivity contribution in [1.82, 2.24) is 15.1 Å². The molecule has 5 nitrogen and oxygen atoms in total. The number of aliphatic hydroxyl groups is 1. The van der Waals surface area contributed by atoms with Crippen LogP contribution in [0.15, 0.2) is 6.07 Å². The van der Waals surface area contributed by atoms with Crippen LogP contribution in [0, 0.1) is 6.92 Å². The molecule has 2 N–H and O–H groups in total. The lowest BCUT2D eigenvalue weighted by atomic mass is 10.2. The zero-order valence-electron chi connectivity index (χ0n) is 10.0. The first-order valence-corrected chi connectivity index (χ1v) is 5.58. The van der Waals surface area contributed by atoms with Crippen LogP contribution in [-0.2, 0) is 6.54 Å². The number of rotatable bonds is 5. The van der Waals surface area contributed by atoms with E-state index in [1.807, 2.05) is 20.8 Å². The summed E-state index contributed by atoms with van der Waals surface area (Å²) >= 11 is 0. The number of aliphatic hydroxyl groups excluding tert-OH is 1. The molecule has 0 radical (unpaired) electrons. The summed E-state index contributed by atoms with van der Waals surface area (Å²) in [5, 5.41) is 16.0. The smallest absolute Gasteiger partial charge is 0.269 e. The average Bonchev–Trinajstić information content (AvgIpc) is 2.67. The molecule has 0 bridgehead atoms. The molecule has 0 saturated heterocycles. The quantitative estimate of drug-likeness (QED) is 0.775. The van der Waals surface area contributed by atoms with Gasteiger partial charge in [0.05, 0.1) is 18.3 Å². The third kappa shape index (κ3) is 2.82. The van der Waals surface area contributed by atoms with E-state index in [1.165, 1.54) is 0 Å². The molecule has 0 fully saturated rings. The summed E-state index contributed by atoms with van der Waals surface area (Å²) in [4.78, 5) is 11.9. The molecule has 0 unspecified atom stereocenters. The Morgan fingerprint density at radius 1 is 1.62 bits per heavy atom. The molecule has 1 aromatic rings. The van der Waals surface area contributed by atoms with Crippen LogP contribution in [-0.4, -0.2) is 33.4 Å². The predicted octanol–water partition coefficient (Wildman–Crippen LogP) is 0.712. The highest BCUT2D eigenvalue weighted by Crippen LogP contribution is 2.04. The normalized spacial score (nSPS) is 12.5. The molecule has 5 heteroatoms. The first kappa shape index (κ1) is 12.7. The maximum Gasteiger partial charge on any atom is 0.269 e. The molecule has 1 amide bonds. The van der Waals surface area contributed by atoms with Gasteiger partial charge >= 0.3 is 0 Å². The molecule has 0 aliphatic rings. The molecule has 0 saturated carbocycles. The van der Waals surface area contributed by atoms with Crippen LogP contribution < -0.4 is 5.32 Å². The fraction of sp³-hybridized carbons (Fsp3) is 0.636. The van der Waals surface area contributed by atoms with E-state index in [9.17, 15) is 4.79 Å². The molecular formula is C11H19N3O2. The molecule has 1 aromatic heterocycles. The number of carbonyl (C=O) groups is 1. The van der Waals surface area contributed by atoms with Gasteiger partial charge in [0.15, 0.2) is 0 Å². The number of aromatic nitrogens is 2. The molecule has 0 spiro atoms. The number of nitrogens with one attached hydrogen (secondary N) is 1. The van der Waals surface area contributed by atoms with E-state index in [1.54, 1.807) is 10.7 Å². The molecule has 16 heavy (non-hydrogen) atoms. The van der Waals surface area contributed by atoms with Crippen molar-refractivity contribution in [3.05, 3.63) is 17.5 Å². The van der Waals surface area contributed by atoms with Gasteiger partial charge in [-0.2, -0.15) is 5.10 Å². The van der Waals surface area contributed by atoms with Gasteiger partial charge < -0.3 is 10.4 Å². The zero-order chi connectivity index (χ0) is 12.1. The van der Waals surface area contributed by atoms with Crippen molar-refractivity contribution in [2.24, 2.45) is 0 Å². The van der Waals surface area contributed by atoms with Crippen molar-refractivity contribution < 1.29 is 9.90 Å². The molecule has 1 rings (SSSR count). The highest BCUT2D eigenvalue weighted by atomic mass is 16.3. The lowest BCUT2D eigenvalue weighted by Crippen LogP contribution is -2.37. The summed E-state index contributed by atoms with van der Waals surface area (Å²) in [6.07, 6.45) is 0.710. The average molecular weight is 225 g/mol. The van der Waals surface area contributed by atoms with E-state index < -0.39 is 0 Å². The number of hydrogen-bond acceptors (Lipinski definition) is 3. The summed E-state index contributed by atoms with van der Waals surface area (Å²) in [5.74, 6) is -0.177. The largest absolute Gasteiger partial charge is 0.394 e. The summed E-state index contributed by atoms with van der Waals surface area (Å²) < 4.78 is 1.66. The molecule has 90 valence electrons. The maximum absolute atomic E-state index is 11.9. The second-order valence-corrected chi connectivity index (χ2v) is 3.75. The Kier molecular flexibility index (Phi) is 4.49. The Morgan fingerprint density at radius 2 is 2.31 bits per heavy atom. The van der Waals surface area contributed by atoms with Crippen LogP contribution in [0.5, 0.6) is 0 Å². The van der Waals surface area contributed by atoms with Gasteiger partial charge in [-0.3, -0.25) is 9.48 Å². The molecule has 0 aliphatic heterocycles. The number of nitrogens with zero attached hydrogens (tertiary/aromatic N) is 2. The number of hydrogen-bond donors (Lipinski definition) is 2. The minimum absolute atomic E-state index is 0.0402. The lowest BCUT2D eigenvalue weighted by molar-refractivity contribution is 0.0904. The molecular weight excluding hydrogens is 206 g/mol. The van der Waals surface area contributed by atoms with Crippen molar-refractivity contribution in [2.75, 3.05) is 6.61 Å². The molecule has 1 atom stereocenters. The second-order valence-electron chi connectivity index (χ2n) is 3.75. The highest BCUT2D eigenvalue weighted by molar-refractivity contribution is 5.92. The van der Waals surface area contributed by atoms with Crippen molar-refractivity contribution in [1.29, 1.82) is 0 Å². The molecule has 0 aromatic carbocycles. The van der Waals surface area contributed by atoms with E-state index in [2.05, 4.69) is 10.4 Å². The summed E-state index contributed by atoms with van der Waals surface area (Å²) in [7, 11) is 0. The van der Waals surface area contributed by atoms with Gasteiger partial charge in [0.2, 0.25) is 0 Å². The lowest BCUT2D eigenvalue weighted by Gasteiger charge is -2.14. The van der Waals surface area contributed by atoms with E-state index in [0.29, 0.717) is 18.7 Å². The second kappa shape index (κ2) is 5.65. The van der Waals surface area contributed by atoms with Crippen LogP contribution in [0.25, 0.3) is 0 Å². The van der Waals surface area contributed by atoms with Crippen molar-refractivity contribution in [3.8, 4) is 0 Å². The van der Waals surface area contributed by atoms with Crippen LogP contribution >= 0.6 is 0 Å². The minimum Gasteiger partial charge on any atom is -0.394 e. The third-order valence-electron chi connectivity index (χ3n) is 2.48. The minimum atomic E-state index is -0.187. The maximum atomic E-state index is 11.9. The Balaban J connectivity index is 2.79. The van der Waals surface area contributed by atoms with Crippen molar-refractivity contribution in [2.45, 2.75) is 39.8 Å². The topological polar surface area (TPSA) is 67.2 Å². The van der Waals surface area contributed by atoms with Gasteiger partial charge in [0.25, 0.3) is 5.91 Å². The molecule has 0 aliphatic carbocycles. The Bertz CT molecular complexity index is 356. The highest BCUT2D eigenvalue weighted by Gasteiger charge is 2.15. The predicted molar refractivity (Wildman–Crippen MR) is 61.3 cm³/mol. The number of amides is 1. The van der Waals surface area contributed by atoms with Crippen LogP contribution in [0.3, 0.4) is 0 Å². The fourth-order valence-electron chi connectivity index (χ4n) is 1.51. The summed E-state index contributed by atoms with van der Waals surface area (Å²) in [6, 6.07) is 1.57. The van der Waals surface area contributed by atoms with Gasteiger partial charge in [-0.25, -0.2) is 0 Å². The monoisotopic (exact) mass is 225 g/mol. The van der Waals surface area contributed by atoms with Crippen LogP contribution in [0.1, 0.15) is 36.5 Å². The van der Waals surface area contributed by atoms with Gasteiger partial charge in [0, 0.05) is 6.54 Å². The van der Waals surface area contributed by atoms with Gasteiger partial charge in [-0.1, -0.05) is 6.92 Å². The van der Waals surface area contributed by atoms with Crippen molar-refractivity contribution in [3.63, 3.8) is 0 Å². The van der Waals surface area contributed by atoms with Crippen molar-refractivity contribution >= 4 is 5.91 Å². The summed E-state index contributed by atoms with van der Waals surface area (Å²) in [6.45, 7) is 6.33. The van der Waals surface area contributed by atoms with Gasteiger partial charge in [0.1, 0.15) is 5.69 Å². The van der Waals surface area contributed by atoms with Gasteiger partial charge in [-0.15, -0.1) is 0 Å². The van der Waals surface area contributed by atoms with Crippen LogP contribution in [0.2, 0.25) is 0 Å². The first-order chi connectivity index (χ1) is 7.62. The Morgan fingerprint density at radius 3 is 2.81 bits per heavy atom.